The van der Waals surface area contributed by atoms with Gasteiger partial charge in [0.05, 0.1) is 17.0 Å². The lowest BCUT2D eigenvalue weighted by molar-refractivity contribution is 0.506. The maximum absolute atomic E-state index is 5.36. The standard InChI is InChI=1S/C19H30N4OS.HI/c1-5-10-20-18(22-12-9-16-7-6-13-24-16)21-11-8-15-14-25-17(23-15)19(2,3)4;/h6-7,13-14H,5,8-12H2,1-4H3,(H2,20,21,22);1H. The highest BCUT2D eigenvalue weighted by Gasteiger charge is 2.17. The predicted octanol–water partition coefficient (Wildman–Crippen LogP) is 4.38. The molecule has 0 atom stereocenters. The zero-order valence-corrected chi connectivity index (χ0v) is 19.3. The molecular weight excluding hydrogens is 459 g/mol. The Labute approximate surface area is 178 Å². The number of hydrogen-bond donors (Lipinski definition) is 2. The van der Waals surface area contributed by atoms with E-state index in [0.29, 0.717) is 0 Å². The third-order valence-electron chi connectivity index (χ3n) is 3.60. The molecule has 2 N–H and O–H groups in total. The van der Waals surface area contributed by atoms with Gasteiger partial charge in [-0.05, 0) is 18.6 Å². The second-order valence-corrected chi connectivity index (χ2v) is 7.92. The number of aromatic nitrogens is 1. The molecule has 0 unspecified atom stereocenters. The Hall–Kier alpha value is -1.09. The Morgan fingerprint density at radius 1 is 1.23 bits per heavy atom. The molecule has 7 heteroatoms. The molecule has 0 aliphatic rings. The molecule has 2 rings (SSSR count). The molecule has 2 aromatic heterocycles. The van der Waals surface area contributed by atoms with E-state index >= 15 is 0 Å². The Morgan fingerprint density at radius 2 is 1.96 bits per heavy atom. The molecule has 0 fully saturated rings. The Bertz CT molecular complexity index is 647. The van der Waals surface area contributed by atoms with Gasteiger partial charge in [-0.15, -0.1) is 35.3 Å². The van der Waals surface area contributed by atoms with Crippen molar-refractivity contribution in [2.75, 3.05) is 19.6 Å². The molecule has 0 aliphatic carbocycles. The summed E-state index contributed by atoms with van der Waals surface area (Å²) in [6.07, 6.45) is 4.49. The predicted molar refractivity (Wildman–Crippen MR) is 121 cm³/mol. The zero-order valence-electron chi connectivity index (χ0n) is 16.2. The quantitative estimate of drug-likeness (QED) is 0.328. The van der Waals surface area contributed by atoms with E-state index in [1.54, 1.807) is 17.6 Å². The van der Waals surface area contributed by atoms with Crippen molar-refractivity contribution in [2.24, 2.45) is 4.99 Å². The number of rotatable bonds is 8. The second-order valence-electron chi connectivity index (χ2n) is 7.06. The largest absolute Gasteiger partial charge is 0.469 e. The van der Waals surface area contributed by atoms with Crippen molar-refractivity contribution in [2.45, 2.75) is 52.4 Å². The fourth-order valence-electron chi connectivity index (χ4n) is 2.23. The normalized spacial score (nSPS) is 11.9. The van der Waals surface area contributed by atoms with Gasteiger partial charge in [-0.3, -0.25) is 4.99 Å². The number of nitrogens with one attached hydrogen (secondary N) is 2. The van der Waals surface area contributed by atoms with E-state index < -0.39 is 0 Å². The van der Waals surface area contributed by atoms with Crippen LogP contribution in [-0.4, -0.2) is 30.6 Å². The second kappa shape index (κ2) is 11.6. The molecule has 0 saturated carbocycles. The first-order valence-electron chi connectivity index (χ1n) is 8.98. The summed E-state index contributed by atoms with van der Waals surface area (Å²) in [4.78, 5) is 9.32. The number of furan rings is 1. The summed E-state index contributed by atoms with van der Waals surface area (Å²) in [6.45, 7) is 11.2. The van der Waals surface area contributed by atoms with Crippen LogP contribution in [0.5, 0.6) is 0 Å². The van der Waals surface area contributed by atoms with Crippen molar-refractivity contribution in [1.82, 2.24) is 15.6 Å². The molecule has 0 aromatic carbocycles. The fourth-order valence-corrected chi connectivity index (χ4v) is 3.17. The maximum atomic E-state index is 5.36. The van der Waals surface area contributed by atoms with E-state index in [0.717, 1.165) is 56.3 Å². The SMILES string of the molecule is CCCN=C(NCCc1csc(C(C)(C)C)n1)NCCc1ccco1.I. The number of hydrogen-bond acceptors (Lipinski definition) is 4. The molecule has 146 valence electrons. The van der Waals surface area contributed by atoms with Gasteiger partial charge in [0.2, 0.25) is 0 Å². The first kappa shape index (κ1) is 23.0. The summed E-state index contributed by atoms with van der Waals surface area (Å²) in [7, 11) is 0. The highest BCUT2D eigenvalue weighted by Crippen LogP contribution is 2.25. The van der Waals surface area contributed by atoms with Crippen molar-refractivity contribution in [3.8, 4) is 0 Å². The number of aliphatic imine (C=N–C) groups is 1. The summed E-state index contributed by atoms with van der Waals surface area (Å²) in [5.74, 6) is 1.85. The lowest BCUT2D eigenvalue weighted by Crippen LogP contribution is -2.39. The number of nitrogens with zero attached hydrogens (tertiary/aromatic N) is 2. The summed E-state index contributed by atoms with van der Waals surface area (Å²) in [5.41, 5.74) is 1.27. The van der Waals surface area contributed by atoms with Crippen LogP contribution in [-0.2, 0) is 18.3 Å². The van der Waals surface area contributed by atoms with Crippen LogP contribution in [0, 0.1) is 0 Å². The van der Waals surface area contributed by atoms with E-state index in [1.165, 1.54) is 5.01 Å². The van der Waals surface area contributed by atoms with Crippen LogP contribution in [0.1, 0.15) is 50.6 Å². The molecule has 0 amide bonds. The van der Waals surface area contributed by atoms with Gasteiger partial charge in [-0.1, -0.05) is 27.7 Å². The van der Waals surface area contributed by atoms with Crippen molar-refractivity contribution in [3.63, 3.8) is 0 Å². The minimum Gasteiger partial charge on any atom is -0.469 e. The number of guanidine groups is 1. The number of halogens is 1. The molecule has 5 nitrogen and oxygen atoms in total. The topological polar surface area (TPSA) is 62.5 Å². The van der Waals surface area contributed by atoms with Crippen molar-refractivity contribution in [3.05, 3.63) is 40.2 Å². The molecular formula is C19H31IN4OS. The third kappa shape index (κ3) is 8.07. The van der Waals surface area contributed by atoms with Crippen molar-refractivity contribution in [1.29, 1.82) is 0 Å². The highest BCUT2D eigenvalue weighted by atomic mass is 127. The fraction of sp³-hybridized carbons (Fsp3) is 0.579. The van der Waals surface area contributed by atoms with Gasteiger partial charge in [-0.25, -0.2) is 4.98 Å². The Balaban J connectivity index is 0.00000338. The highest BCUT2D eigenvalue weighted by molar-refractivity contribution is 14.0. The third-order valence-corrected chi connectivity index (χ3v) is 4.92. The number of thiazole rings is 1. The molecule has 0 aliphatic heterocycles. The van der Waals surface area contributed by atoms with Crippen molar-refractivity contribution >= 4 is 41.3 Å². The van der Waals surface area contributed by atoms with E-state index in [1.807, 2.05) is 12.1 Å². The van der Waals surface area contributed by atoms with Gasteiger partial charge in [-0.2, -0.15) is 0 Å². The first-order chi connectivity index (χ1) is 12.0. The first-order valence-corrected chi connectivity index (χ1v) is 9.86. The summed E-state index contributed by atoms with van der Waals surface area (Å²) >= 11 is 1.75. The van der Waals surface area contributed by atoms with Gasteiger partial charge in [0.15, 0.2) is 5.96 Å². The van der Waals surface area contributed by atoms with Crippen LogP contribution in [0.2, 0.25) is 0 Å². The van der Waals surface area contributed by atoms with E-state index in [-0.39, 0.29) is 29.4 Å². The van der Waals surface area contributed by atoms with E-state index in [4.69, 9.17) is 9.40 Å². The van der Waals surface area contributed by atoms with Crippen molar-refractivity contribution < 1.29 is 4.42 Å². The minimum atomic E-state index is 0. The van der Waals surface area contributed by atoms with Gasteiger partial charge in [0, 0.05) is 43.3 Å². The molecule has 2 aromatic rings. The van der Waals surface area contributed by atoms with Gasteiger partial charge >= 0.3 is 0 Å². The van der Waals surface area contributed by atoms with Crippen LogP contribution in [0.15, 0.2) is 33.2 Å². The lowest BCUT2D eigenvalue weighted by Gasteiger charge is -2.14. The molecule has 26 heavy (non-hydrogen) atoms. The van der Waals surface area contributed by atoms with Gasteiger partial charge in [0.25, 0.3) is 0 Å². The molecule has 0 bridgehead atoms. The Morgan fingerprint density at radius 3 is 2.54 bits per heavy atom. The zero-order chi connectivity index (χ0) is 18.1. The smallest absolute Gasteiger partial charge is 0.191 e. The molecule has 0 saturated heterocycles. The lowest BCUT2D eigenvalue weighted by atomic mass is 9.98. The van der Waals surface area contributed by atoms with Crippen LogP contribution in [0.25, 0.3) is 0 Å². The molecule has 0 radical (unpaired) electrons. The maximum Gasteiger partial charge on any atom is 0.191 e. The van der Waals surface area contributed by atoms with Crippen LogP contribution in [0.4, 0.5) is 0 Å². The van der Waals surface area contributed by atoms with Crippen LogP contribution in [0.3, 0.4) is 0 Å². The van der Waals surface area contributed by atoms with E-state index in [9.17, 15) is 0 Å². The summed E-state index contributed by atoms with van der Waals surface area (Å²) in [6, 6.07) is 3.91. The summed E-state index contributed by atoms with van der Waals surface area (Å²) in [5, 5.41) is 10.1. The monoisotopic (exact) mass is 490 g/mol. The molecule has 0 spiro atoms. The van der Waals surface area contributed by atoms with E-state index in [2.05, 4.69) is 48.7 Å². The van der Waals surface area contributed by atoms with Crippen LogP contribution < -0.4 is 10.6 Å². The average molecular weight is 490 g/mol. The van der Waals surface area contributed by atoms with Gasteiger partial charge in [0.1, 0.15) is 5.76 Å². The summed E-state index contributed by atoms with van der Waals surface area (Å²) < 4.78 is 5.36. The van der Waals surface area contributed by atoms with Gasteiger partial charge < -0.3 is 15.1 Å². The average Bonchev–Trinajstić information content (AvgIpc) is 3.23. The minimum absolute atomic E-state index is 0. The molecule has 2 heterocycles. The Kier molecular flexibility index (Phi) is 10.2. The van der Waals surface area contributed by atoms with Crippen LogP contribution >= 0.6 is 35.3 Å².